The molecule has 1 fully saturated rings. The number of fused-ring (bicyclic) bond motifs is 1. The minimum absolute atomic E-state index is 0.0830. The summed E-state index contributed by atoms with van der Waals surface area (Å²) in [7, 11) is 0. The van der Waals surface area contributed by atoms with Crippen molar-refractivity contribution in [2.45, 2.75) is 25.8 Å². The number of benzene rings is 2. The summed E-state index contributed by atoms with van der Waals surface area (Å²) in [4.78, 5) is 44.4. The number of halogens is 1. The minimum atomic E-state index is -0.720. The number of aromatic amines is 1. The molecule has 1 aliphatic rings. The van der Waals surface area contributed by atoms with Gasteiger partial charge in [0.1, 0.15) is 6.04 Å². The third-order valence-corrected chi connectivity index (χ3v) is 6.26. The van der Waals surface area contributed by atoms with E-state index in [2.05, 4.69) is 21.7 Å². The Morgan fingerprint density at radius 1 is 1.03 bits per heavy atom. The molecule has 9 heteroatoms. The first-order valence-corrected chi connectivity index (χ1v) is 11.7. The lowest BCUT2D eigenvalue weighted by molar-refractivity contribution is -0.132. The second-order valence-electron chi connectivity index (χ2n) is 8.40. The maximum Gasteiger partial charge on any atom is 0.318 e. The van der Waals surface area contributed by atoms with E-state index in [9.17, 15) is 14.4 Å². The predicted molar refractivity (Wildman–Crippen MR) is 133 cm³/mol. The lowest BCUT2D eigenvalue weighted by Crippen LogP contribution is -2.55. The Hall–Kier alpha value is -3.52. The van der Waals surface area contributed by atoms with Gasteiger partial charge in [-0.3, -0.25) is 9.59 Å². The standard InChI is InChI=1S/C25H28ClN5O3/c1-17(24(33)29-20-6-4-5-19(26)15-20)28-25(34)31-13-11-30(12-14-31)23(32)10-9-18-16-27-22-8-3-2-7-21(18)22/h2-8,15-17,27H,9-14H2,1H3,(H,28,34)(H,29,33)/t17-/m0/s1. The molecule has 0 spiro atoms. The summed E-state index contributed by atoms with van der Waals surface area (Å²) in [5.74, 6) is -0.249. The number of hydrogen-bond donors (Lipinski definition) is 3. The average Bonchev–Trinajstić information content (AvgIpc) is 3.25. The molecule has 1 aromatic heterocycles. The monoisotopic (exact) mass is 481 g/mol. The van der Waals surface area contributed by atoms with E-state index < -0.39 is 6.04 Å². The van der Waals surface area contributed by atoms with Crippen molar-refractivity contribution in [2.24, 2.45) is 0 Å². The number of anilines is 1. The van der Waals surface area contributed by atoms with Crippen molar-refractivity contribution in [3.05, 3.63) is 65.3 Å². The summed E-state index contributed by atoms with van der Waals surface area (Å²) in [5, 5.41) is 7.12. The van der Waals surface area contributed by atoms with Gasteiger partial charge in [0, 0.05) is 60.4 Å². The van der Waals surface area contributed by atoms with E-state index in [4.69, 9.17) is 11.6 Å². The number of urea groups is 1. The van der Waals surface area contributed by atoms with Crippen LogP contribution in [0.15, 0.2) is 54.7 Å². The van der Waals surface area contributed by atoms with E-state index in [1.807, 2.05) is 24.4 Å². The topological polar surface area (TPSA) is 97.5 Å². The van der Waals surface area contributed by atoms with E-state index in [0.29, 0.717) is 49.7 Å². The number of amides is 4. The van der Waals surface area contributed by atoms with Crippen molar-refractivity contribution in [1.29, 1.82) is 0 Å². The highest BCUT2D eigenvalue weighted by Gasteiger charge is 2.26. The van der Waals surface area contributed by atoms with E-state index in [1.54, 1.807) is 41.0 Å². The predicted octanol–water partition coefficient (Wildman–Crippen LogP) is 3.63. The second-order valence-corrected chi connectivity index (χ2v) is 8.83. The number of H-pyrrole nitrogens is 1. The molecule has 0 unspecified atom stereocenters. The van der Waals surface area contributed by atoms with Gasteiger partial charge in [-0.15, -0.1) is 0 Å². The average molecular weight is 482 g/mol. The van der Waals surface area contributed by atoms with Gasteiger partial charge in [0.25, 0.3) is 0 Å². The van der Waals surface area contributed by atoms with Crippen LogP contribution in [0.2, 0.25) is 5.02 Å². The normalized spacial score (nSPS) is 14.6. The number of nitrogens with zero attached hydrogens (tertiary/aromatic N) is 2. The quantitative estimate of drug-likeness (QED) is 0.501. The van der Waals surface area contributed by atoms with Crippen LogP contribution in [0.1, 0.15) is 18.9 Å². The van der Waals surface area contributed by atoms with Gasteiger partial charge in [-0.25, -0.2) is 4.79 Å². The van der Waals surface area contributed by atoms with Crippen LogP contribution >= 0.6 is 11.6 Å². The number of carbonyl (C=O) groups is 3. The number of carbonyl (C=O) groups excluding carboxylic acids is 3. The van der Waals surface area contributed by atoms with Crippen molar-refractivity contribution in [3.8, 4) is 0 Å². The molecule has 0 bridgehead atoms. The zero-order valence-corrected chi connectivity index (χ0v) is 19.8. The number of nitrogens with one attached hydrogen (secondary N) is 3. The Balaban J connectivity index is 1.21. The molecule has 2 heterocycles. The van der Waals surface area contributed by atoms with Crippen LogP contribution in [0, 0.1) is 0 Å². The SMILES string of the molecule is C[C@H](NC(=O)N1CCN(C(=O)CCc2c[nH]c3ccccc23)CC1)C(=O)Nc1cccc(Cl)c1. The van der Waals surface area contributed by atoms with Crippen LogP contribution in [0.4, 0.5) is 10.5 Å². The van der Waals surface area contributed by atoms with Gasteiger partial charge in [-0.1, -0.05) is 35.9 Å². The van der Waals surface area contributed by atoms with Crippen molar-refractivity contribution in [2.75, 3.05) is 31.5 Å². The number of rotatable bonds is 6. The Labute approximate surface area is 203 Å². The van der Waals surface area contributed by atoms with E-state index in [-0.39, 0.29) is 17.8 Å². The molecule has 1 saturated heterocycles. The van der Waals surface area contributed by atoms with Gasteiger partial charge in [0.15, 0.2) is 0 Å². The Morgan fingerprint density at radius 2 is 1.76 bits per heavy atom. The highest BCUT2D eigenvalue weighted by atomic mass is 35.5. The van der Waals surface area contributed by atoms with E-state index in [1.165, 1.54) is 0 Å². The van der Waals surface area contributed by atoms with Gasteiger partial charge >= 0.3 is 6.03 Å². The van der Waals surface area contributed by atoms with Crippen molar-refractivity contribution < 1.29 is 14.4 Å². The number of hydrogen-bond acceptors (Lipinski definition) is 3. The molecule has 8 nitrogen and oxygen atoms in total. The molecule has 0 saturated carbocycles. The molecule has 178 valence electrons. The van der Waals surface area contributed by atoms with Gasteiger partial charge in [-0.2, -0.15) is 0 Å². The molecule has 0 aliphatic carbocycles. The van der Waals surface area contributed by atoms with E-state index in [0.717, 1.165) is 16.5 Å². The summed E-state index contributed by atoms with van der Waals surface area (Å²) < 4.78 is 0. The molecule has 34 heavy (non-hydrogen) atoms. The molecule has 4 rings (SSSR count). The first kappa shape index (κ1) is 23.6. The van der Waals surface area contributed by atoms with E-state index >= 15 is 0 Å². The molecular formula is C25H28ClN5O3. The van der Waals surface area contributed by atoms with Gasteiger partial charge in [0.2, 0.25) is 11.8 Å². The molecule has 4 amide bonds. The lowest BCUT2D eigenvalue weighted by atomic mass is 10.1. The van der Waals surface area contributed by atoms with Crippen molar-refractivity contribution in [1.82, 2.24) is 20.1 Å². The maximum absolute atomic E-state index is 12.7. The van der Waals surface area contributed by atoms with Gasteiger partial charge in [-0.05, 0) is 43.2 Å². The summed E-state index contributed by atoms with van der Waals surface area (Å²) >= 11 is 5.94. The summed E-state index contributed by atoms with van der Waals surface area (Å²) in [6.07, 6.45) is 3.06. The second kappa shape index (κ2) is 10.6. The zero-order chi connectivity index (χ0) is 24.1. The zero-order valence-electron chi connectivity index (χ0n) is 19.0. The lowest BCUT2D eigenvalue weighted by Gasteiger charge is -2.35. The maximum atomic E-state index is 12.7. The Kier molecular flexibility index (Phi) is 7.37. The Bertz CT molecular complexity index is 1190. The largest absolute Gasteiger partial charge is 0.361 e. The summed E-state index contributed by atoms with van der Waals surface area (Å²) in [5.41, 5.74) is 2.77. The minimum Gasteiger partial charge on any atom is -0.361 e. The van der Waals surface area contributed by atoms with Crippen LogP contribution in [0.5, 0.6) is 0 Å². The van der Waals surface area contributed by atoms with Crippen LogP contribution < -0.4 is 10.6 Å². The molecule has 3 N–H and O–H groups in total. The molecule has 1 atom stereocenters. The molecule has 3 aromatic rings. The number of para-hydroxylation sites is 1. The van der Waals surface area contributed by atoms with Gasteiger partial charge < -0.3 is 25.4 Å². The molecule has 0 radical (unpaired) electrons. The fourth-order valence-corrected chi connectivity index (χ4v) is 4.25. The first-order valence-electron chi connectivity index (χ1n) is 11.4. The Morgan fingerprint density at radius 3 is 2.53 bits per heavy atom. The molecule has 2 aromatic carbocycles. The third-order valence-electron chi connectivity index (χ3n) is 6.03. The number of aryl methyl sites for hydroxylation is 1. The smallest absolute Gasteiger partial charge is 0.318 e. The fourth-order valence-electron chi connectivity index (χ4n) is 4.06. The molecule has 1 aliphatic heterocycles. The van der Waals surface area contributed by atoms with Crippen LogP contribution in [0.25, 0.3) is 10.9 Å². The van der Waals surface area contributed by atoms with Crippen LogP contribution in [-0.2, 0) is 16.0 Å². The summed E-state index contributed by atoms with van der Waals surface area (Å²) in [6, 6.07) is 13.8. The van der Waals surface area contributed by atoms with Gasteiger partial charge in [0.05, 0.1) is 0 Å². The first-order chi connectivity index (χ1) is 16.4. The highest BCUT2D eigenvalue weighted by Crippen LogP contribution is 2.19. The summed E-state index contributed by atoms with van der Waals surface area (Å²) in [6.45, 7) is 3.43. The van der Waals surface area contributed by atoms with Crippen molar-refractivity contribution in [3.63, 3.8) is 0 Å². The highest BCUT2D eigenvalue weighted by molar-refractivity contribution is 6.30. The third kappa shape index (κ3) is 5.69. The fraction of sp³-hybridized carbons (Fsp3) is 0.320. The van der Waals surface area contributed by atoms with Crippen LogP contribution in [-0.4, -0.2) is 64.9 Å². The van der Waals surface area contributed by atoms with Crippen LogP contribution in [0.3, 0.4) is 0 Å². The molecular weight excluding hydrogens is 454 g/mol. The number of aromatic nitrogens is 1. The van der Waals surface area contributed by atoms with Crippen molar-refractivity contribution >= 4 is 46.0 Å². The number of piperazine rings is 1.